The molecule has 4 amide bonds. The number of amides is 4. The number of aryl methyl sites for hydroxylation is 1. The maximum Gasteiger partial charge on any atom is 0.251 e. The van der Waals surface area contributed by atoms with Gasteiger partial charge >= 0.3 is 0 Å². The van der Waals surface area contributed by atoms with Crippen molar-refractivity contribution in [2.75, 3.05) is 38.2 Å². The van der Waals surface area contributed by atoms with Crippen LogP contribution in [0.1, 0.15) is 80.6 Å². The van der Waals surface area contributed by atoms with E-state index in [0.29, 0.717) is 28.5 Å². The summed E-state index contributed by atoms with van der Waals surface area (Å²) in [5.41, 5.74) is 5.82. The second kappa shape index (κ2) is 20.8. The van der Waals surface area contributed by atoms with Crippen LogP contribution in [0, 0.1) is 29.1 Å². The molecule has 14 nitrogen and oxygen atoms in total. The van der Waals surface area contributed by atoms with E-state index in [-0.39, 0.29) is 67.5 Å². The van der Waals surface area contributed by atoms with Crippen LogP contribution in [0.25, 0.3) is 10.4 Å². The van der Waals surface area contributed by atoms with E-state index in [9.17, 15) is 29.5 Å². The summed E-state index contributed by atoms with van der Waals surface area (Å²) in [7, 11) is 0. The Morgan fingerprint density at radius 1 is 0.984 bits per heavy atom. The first-order valence-electron chi connectivity index (χ1n) is 21.2. The summed E-state index contributed by atoms with van der Waals surface area (Å²) >= 11 is 7.80. The molecule has 334 valence electrons. The fraction of sp³-hybridized carbons (Fsp3) is 0.447. The van der Waals surface area contributed by atoms with Crippen LogP contribution in [0.5, 0.6) is 5.75 Å². The molecular formula is C47H56ClN7O7S. The van der Waals surface area contributed by atoms with E-state index in [4.69, 9.17) is 21.1 Å². The Morgan fingerprint density at radius 2 is 1.71 bits per heavy atom. The molecular weight excluding hydrogens is 842 g/mol. The minimum absolute atomic E-state index is 0.0133. The van der Waals surface area contributed by atoms with Crippen LogP contribution in [-0.2, 0) is 25.7 Å². The molecule has 0 bridgehead atoms. The van der Waals surface area contributed by atoms with E-state index in [0.717, 1.165) is 53.2 Å². The molecule has 0 unspecified atom stereocenters. The summed E-state index contributed by atoms with van der Waals surface area (Å²) in [6.07, 6.45) is 1.56. The van der Waals surface area contributed by atoms with E-state index in [2.05, 4.69) is 60.0 Å². The number of halogens is 1. The highest BCUT2D eigenvalue weighted by atomic mass is 35.5. The van der Waals surface area contributed by atoms with Crippen molar-refractivity contribution in [2.45, 2.75) is 91.1 Å². The van der Waals surface area contributed by atoms with Gasteiger partial charge in [0.1, 0.15) is 30.6 Å². The van der Waals surface area contributed by atoms with Crippen LogP contribution in [-0.4, -0.2) is 95.8 Å². The standard InChI is InChI=1S/C47H56ClN7O7S/c1-29-41(63-28-53-29)31-11-9-30(10-12-31)24-52-43(60)38-21-35(56)26-55(38)40(58)25-51-39(57)27-61-20-8-6-7-19-50-34-16-13-32(14-17-34)42(59)54-44-46(2,3)45(47(44,4)5)62-36-18-15-33(23-49)37(48)22-36/h9-18,22,28,35,38,44-45,50,56H,6-8,19-21,24-27H2,1-5H3,(H,51,57)(H,52,60)(H,54,59)/t35-,38+,44?,45?/m1/s1. The summed E-state index contributed by atoms with van der Waals surface area (Å²) in [6.45, 7) is 11.1. The monoisotopic (exact) mass is 897 g/mol. The van der Waals surface area contributed by atoms with E-state index in [1.54, 1.807) is 41.7 Å². The summed E-state index contributed by atoms with van der Waals surface area (Å²) < 4.78 is 11.9. The van der Waals surface area contributed by atoms with Gasteiger partial charge in [0.05, 0.1) is 39.3 Å². The average Bonchev–Trinajstić information content (AvgIpc) is 3.89. The zero-order chi connectivity index (χ0) is 45.3. The fourth-order valence-corrected chi connectivity index (χ4v) is 9.80. The van der Waals surface area contributed by atoms with Crippen LogP contribution in [0.3, 0.4) is 0 Å². The maximum atomic E-state index is 13.3. The number of nitrogens with one attached hydrogen (secondary N) is 4. The smallest absolute Gasteiger partial charge is 0.251 e. The molecule has 5 N–H and O–H groups in total. The summed E-state index contributed by atoms with van der Waals surface area (Å²) in [5, 5.41) is 31.8. The number of unbranched alkanes of at least 4 members (excludes halogenated alkanes) is 2. The number of aliphatic hydroxyl groups is 1. The molecule has 63 heavy (non-hydrogen) atoms. The molecule has 1 aliphatic carbocycles. The lowest BCUT2D eigenvalue weighted by Crippen LogP contribution is -2.74. The van der Waals surface area contributed by atoms with Gasteiger partial charge < -0.3 is 40.7 Å². The number of likely N-dealkylation sites (tertiary alicyclic amines) is 1. The highest BCUT2D eigenvalue weighted by Crippen LogP contribution is 2.55. The zero-order valence-corrected chi connectivity index (χ0v) is 37.9. The first-order chi connectivity index (χ1) is 30.1. The van der Waals surface area contributed by atoms with Crippen LogP contribution in [0.15, 0.2) is 72.2 Å². The number of carbonyl (C=O) groups is 4. The Bertz CT molecular complexity index is 2280. The molecule has 2 atom stereocenters. The van der Waals surface area contributed by atoms with Crippen LogP contribution in [0.4, 0.5) is 5.69 Å². The number of rotatable bonds is 19. The molecule has 6 rings (SSSR count). The van der Waals surface area contributed by atoms with Crippen molar-refractivity contribution in [3.63, 3.8) is 0 Å². The predicted octanol–water partition coefficient (Wildman–Crippen LogP) is 6.25. The lowest BCUT2D eigenvalue weighted by Gasteiger charge is -2.63. The number of thiazole rings is 1. The van der Waals surface area contributed by atoms with Gasteiger partial charge in [-0.25, -0.2) is 4.98 Å². The molecule has 2 fully saturated rings. The molecule has 0 spiro atoms. The number of hydrogen-bond acceptors (Lipinski definition) is 11. The van der Waals surface area contributed by atoms with Crippen molar-refractivity contribution < 1.29 is 33.8 Å². The highest BCUT2D eigenvalue weighted by Gasteiger charge is 2.64. The number of ether oxygens (including phenoxy) is 2. The topological polar surface area (TPSA) is 195 Å². The van der Waals surface area contributed by atoms with E-state index >= 15 is 0 Å². The van der Waals surface area contributed by atoms with Gasteiger partial charge in [-0.15, -0.1) is 11.3 Å². The molecule has 2 heterocycles. The Morgan fingerprint density at radius 3 is 2.38 bits per heavy atom. The van der Waals surface area contributed by atoms with Gasteiger partial charge in [-0.2, -0.15) is 5.26 Å². The number of hydrogen-bond donors (Lipinski definition) is 5. The third kappa shape index (κ3) is 11.5. The van der Waals surface area contributed by atoms with E-state index < -0.39 is 24.0 Å². The number of benzene rings is 3. The third-order valence-corrected chi connectivity index (χ3v) is 13.2. The summed E-state index contributed by atoms with van der Waals surface area (Å²) in [4.78, 5) is 58.5. The lowest BCUT2D eigenvalue weighted by molar-refractivity contribution is -0.164. The van der Waals surface area contributed by atoms with Gasteiger partial charge in [0.25, 0.3) is 5.91 Å². The van der Waals surface area contributed by atoms with Gasteiger partial charge in [-0.1, -0.05) is 63.6 Å². The maximum absolute atomic E-state index is 13.3. The van der Waals surface area contributed by atoms with Crippen molar-refractivity contribution >= 4 is 52.3 Å². The van der Waals surface area contributed by atoms with E-state index in [1.165, 1.54) is 4.90 Å². The minimum Gasteiger partial charge on any atom is -0.489 e. The van der Waals surface area contributed by atoms with Crippen molar-refractivity contribution in [3.8, 4) is 22.3 Å². The second-order valence-electron chi connectivity index (χ2n) is 17.3. The molecule has 1 saturated heterocycles. The number of nitrogens with zero attached hydrogens (tertiary/aromatic N) is 3. The van der Waals surface area contributed by atoms with Crippen molar-refractivity contribution in [2.24, 2.45) is 10.8 Å². The van der Waals surface area contributed by atoms with Crippen LogP contribution in [0.2, 0.25) is 5.02 Å². The number of nitriles is 1. The molecule has 16 heteroatoms. The first-order valence-corrected chi connectivity index (χ1v) is 22.4. The molecule has 2 aliphatic rings. The lowest BCUT2D eigenvalue weighted by atomic mass is 9.49. The third-order valence-electron chi connectivity index (χ3n) is 11.9. The Balaban J connectivity index is 0.823. The average molecular weight is 899 g/mol. The fourth-order valence-electron chi connectivity index (χ4n) is 8.78. The summed E-state index contributed by atoms with van der Waals surface area (Å²) in [6, 6.07) is 21.3. The highest BCUT2D eigenvalue weighted by molar-refractivity contribution is 7.13. The summed E-state index contributed by atoms with van der Waals surface area (Å²) in [5.74, 6) is -0.840. The zero-order valence-electron chi connectivity index (χ0n) is 36.3. The number of anilines is 1. The molecule has 4 aromatic rings. The van der Waals surface area contributed by atoms with Gasteiger partial charge in [-0.3, -0.25) is 19.2 Å². The number of β-amino-alcohol motifs (C(OH)–C–C–N with tert-alkyl or cyclic N) is 1. The van der Waals surface area contributed by atoms with Gasteiger partial charge in [0, 0.05) is 66.9 Å². The Labute approximate surface area is 377 Å². The van der Waals surface area contributed by atoms with Crippen molar-refractivity contribution in [1.29, 1.82) is 5.26 Å². The molecule has 1 aromatic heterocycles. The quantitative estimate of drug-likeness (QED) is 0.0672. The molecule has 1 saturated carbocycles. The van der Waals surface area contributed by atoms with Gasteiger partial charge in [0.15, 0.2) is 0 Å². The molecule has 0 radical (unpaired) electrons. The molecule has 1 aliphatic heterocycles. The molecule has 3 aromatic carbocycles. The van der Waals surface area contributed by atoms with Crippen molar-refractivity contribution in [3.05, 3.63) is 99.6 Å². The van der Waals surface area contributed by atoms with Gasteiger partial charge in [0.2, 0.25) is 17.7 Å². The van der Waals surface area contributed by atoms with Crippen LogP contribution < -0.4 is 26.0 Å². The Kier molecular flexibility index (Phi) is 15.5. The Hall–Kier alpha value is -5.53. The van der Waals surface area contributed by atoms with Gasteiger partial charge in [-0.05, 0) is 73.7 Å². The largest absolute Gasteiger partial charge is 0.489 e. The number of carbonyl (C=O) groups excluding carboxylic acids is 4. The van der Waals surface area contributed by atoms with E-state index in [1.807, 2.05) is 48.8 Å². The normalized spacial score (nSPS) is 19.6. The SMILES string of the molecule is Cc1ncsc1-c1ccc(CNC(=O)[C@@H]2C[C@@H](O)CN2C(=O)CNC(=O)COCCCCCNc2ccc(C(=O)NC3C(C)(C)C(Oc4ccc(C#N)c(Cl)c4)C3(C)C)cc2)cc1. The van der Waals surface area contributed by atoms with Crippen molar-refractivity contribution in [1.82, 2.24) is 25.8 Å². The minimum atomic E-state index is -0.835. The number of aromatic nitrogens is 1. The first kappa shape index (κ1) is 47.0. The predicted molar refractivity (Wildman–Crippen MR) is 242 cm³/mol. The number of aliphatic hydroxyl groups excluding tert-OH is 1. The second-order valence-corrected chi connectivity index (χ2v) is 18.6. The van der Waals surface area contributed by atoms with Crippen LogP contribution >= 0.6 is 22.9 Å².